The second-order valence-corrected chi connectivity index (χ2v) is 8.25. The van der Waals surface area contributed by atoms with Gasteiger partial charge in [-0.25, -0.2) is 8.42 Å². The van der Waals surface area contributed by atoms with Gasteiger partial charge in [-0.3, -0.25) is 4.79 Å². The number of para-hydroxylation sites is 3. The minimum atomic E-state index is -3.29. The van der Waals surface area contributed by atoms with Gasteiger partial charge in [0.25, 0.3) is 0 Å². The number of carbonyl (C=O) groups is 1. The molecule has 0 aliphatic heterocycles. The molecule has 0 heterocycles. The van der Waals surface area contributed by atoms with Crippen molar-refractivity contribution in [3.05, 3.63) is 54.6 Å². The van der Waals surface area contributed by atoms with Gasteiger partial charge in [0.2, 0.25) is 15.9 Å². The van der Waals surface area contributed by atoms with Crippen LogP contribution in [0.15, 0.2) is 54.6 Å². The highest BCUT2D eigenvalue weighted by molar-refractivity contribution is 7.88. The van der Waals surface area contributed by atoms with Crippen molar-refractivity contribution in [1.82, 2.24) is 4.31 Å². The Kier molecular flexibility index (Phi) is 5.58. The number of amides is 1. The van der Waals surface area contributed by atoms with Gasteiger partial charge in [-0.15, -0.1) is 0 Å². The van der Waals surface area contributed by atoms with Crippen molar-refractivity contribution >= 4 is 21.6 Å². The van der Waals surface area contributed by atoms with Gasteiger partial charge in [0.05, 0.1) is 11.9 Å². The third-order valence-corrected chi connectivity index (χ3v) is 5.40. The number of nitrogens with one attached hydrogen (secondary N) is 1. The summed E-state index contributed by atoms with van der Waals surface area (Å²) in [6.07, 6.45) is 3.01. The van der Waals surface area contributed by atoms with Gasteiger partial charge < -0.3 is 10.1 Å². The summed E-state index contributed by atoms with van der Waals surface area (Å²) in [6, 6.07) is 16.5. The molecule has 2 aromatic rings. The Labute approximate surface area is 153 Å². The predicted octanol–water partition coefficient (Wildman–Crippen LogP) is 3.23. The van der Waals surface area contributed by atoms with E-state index in [9.17, 15) is 13.2 Å². The van der Waals surface area contributed by atoms with Crippen LogP contribution in [0, 0.1) is 0 Å². The zero-order valence-electron chi connectivity index (χ0n) is 14.6. The van der Waals surface area contributed by atoms with E-state index in [2.05, 4.69) is 5.32 Å². The topological polar surface area (TPSA) is 75.7 Å². The fourth-order valence-electron chi connectivity index (χ4n) is 2.68. The molecule has 1 fully saturated rings. The number of rotatable bonds is 8. The van der Waals surface area contributed by atoms with E-state index in [1.54, 1.807) is 18.2 Å². The van der Waals surface area contributed by atoms with E-state index in [1.165, 1.54) is 10.6 Å². The first kappa shape index (κ1) is 18.4. The van der Waals surface area contributed by atoms with Crippen molar-refractivity contribution in [2.75, 3.05) is 18.1 Å². The van der Waals surface area contributed by atoms with E-state index < -0.39 is 10.0 Å². The van der Waals surface area contributed by atoms with Gasteiger partial charge in [0.1, 0.15) is 5.75 Å². The molecule has 0 unspecified atom stereocenters. The molecule has 1 aliphatic rings. The van der Waals surface area contributed by atoms with Crippen LogP contribution in [-0.2, 0) is 14.8 Å². The Morgan fingerprint density at radius 2 is 1.77 bits per heavy atom. The summed E-state index contributed by atoms with van der Waals surface area (Å²) in [5.41, 5.74) is 0.554. The lowest BCUT2D eigenvalue weighted by Gasteiger charge is -2.19. The minimum Gasteiger partial charge on any atom is -0.455 e. The molecular weight excluding hydrogens is 352 g/mol. The Hall–Kier alpha value is -2.38. The summed E-state index contributed by atoms with van der Waals surface area (Å²) < 4.78 is 30.9. The number of ether oxygens (including phenoxy) is 1. The molecule has 1 saturated carbocycles. The monoisotopic (exact) mass is 374 g/mol. The van der Waals surface area contributed by atoms with Gasteiger partial charge >= 0.3 is 0 Å². The van der Waals surface area contributed by atoms with Gasteiger partial charge in [-0.2, -0.15) is 4.31 Å². The first-order chi connectivity index (χ1) is 12.4. The van der Waals surface area contributed by atoms with E-state index in [4.69, 9.17) is 4.74 Å². The molecular formula is C19H22N2O4S. The van der Waals surface area contributed by atoms with Crippen molar-refractivity contribution in [3.63, 3.8) is 0 Å². The lowest BCUT2D eigenvalue weighted by Crippen LogP contribution is -2.34. The molecule has 0 bridgehead atoms. The maximum Gasteiger partial charge on any atom is 0.225 e. The number of hydrogen-bond acceptors (Lipinski definition) is 4. The smallest absolute Gasteiger partial charge is 0.225 e. The van der Waals surface area contributed by atoms with E-state index in [-0.39, 0.29) is 24.9 Å². The predicted molar refractivity (Wildman–Crippen MR) is 101 cm³/mol. The average Bonchev–Trinajstić information content (AvgIpc) is 3.41. The molecule has 0 saturated heterocycles. The Morgan fingerprint density at radius 1 is 1.12 bits per heavy atom. The third-order valence-electron chi connectivity index (χ3n) is 4.07. The molecule has 1 aliphatic carbocycles. The van der Waals surface area contributed by atoms with E-state index in [1.807, 2.05) is 36.4 Å². The Balaban J connectivity index is 1.62. The van der Waals surface area contributed by atoms with E-state index >= 15 is 0 Å². The molecule has 1 N–H and O–H groups in total. The van der Waals surface area contributed by atoms with Crippen molar-refractivity contribution in [2.24, 2.45) is 0 Å². The molecule has 6 nitrogen and oxygen atoms in total. The average molecular weight is 374 g/mol. The maximum absolute atomic E-state index is 12.3. The van der Waals surface area contributed by atoms with Gasteiger partial charge in [0.15, 0.2) is 5.75 Å². The molecule has 2 aromatic carbocycles. The molecule has 26 heavy (non-hydrogen) atoms. The molecule has 0 atom stereocenters. The number of benzene rings is 2. The molecule has 138 valence electrons. The lowest BCUT2D eigenvalue weighted by molar-refractivity contribution is -0.116. The summed E-state index contributed by atoms with van der Waals surface area (Å²) in [5, 5.41) is 2.81. The van der Waals surface area contributed by atoms with Crippen molar-refractivity contribution in [1.29, 1.82) is 0 Å². The second-order valence-electron chi connectivity index (χ2n) is 6.31. The zero-order chi connectivity index (χ0) is 18.6. The third kappa shape index (κ3) is 5.06. The van der Waals surface area contributed by atoms with Crippen LogP contribution in [0.5, 0.6) is 11.5 Å². The van der Waals surface area contributed by atoms with Crippen LogP contribution in [0.2, 0.25) is 0 Å². The fraction of sp³-hybridized carbons (Fsp3) is 0.316. The van der Waals surface area contributed by atoms with Gasteiger partial charge in [-0.05, 0) is 37.1 Å². The van der Waals surface area contributed by atoms with Crippen molar-refractivity contribution in [3.8, 4) is 11.5 Å². The molecule has 0 radical (unpaired) electrons. The van der Waals surface area contributed by atoms with Crippen molar-refractivity contribution < 1.29 is 17.9 Å². The summed E-state index contributed by atoms with van der Waals surface area (Å²) in [6.45, 7) is 0.192. The van der Waals surface area contributed by atoms with Crippen LogP contribution in [0.1, 0.15) is 19.3 Å². The molecule has 7 heteroatoms. The van der Waals surface area contributed by atoms with Crippen LogP contribution in [0.25, 0.3) is 0 Å². The Bertz CT molecular complexity index is 864. The van der Waals surface area contributed by atoms with Gasteiger partial charge in [-0.1, -0.05) is 30.3 Å². The quantitative estimate of drug-likeness (QED) is 0.770. The SMILES string of the molecule is CS(=O)(=O)N(CCC(=O)Nc1ccccc1Oc1ccccc1)C1CC1. The van der Waals surface area contributed by atoms with Crippen LogP contribution in [0.3, 0.4) is 0 Å². The highest BCUT2D eigenvalue weighted by Gasteiger charge is 2.34. The first-order valence-electron chi connectivity index (χ1n) is 8.52. The fourth-order valence-corrected chi connectivity index (χ4v) is 3.86. The summed E-state index contributed by atoms with van der Waals surface area (Å²) >= 11 is 0. The molecule has 0 spiro atoms. The Morgan fingerprint density at radius 3 is 2.42 bits per heavy atom. The maximum atomic E-state index is 12.3. The number of nitrogens with zero attached hydrogens (tertiary/aromatic N) is 1. The summed E-state index contributed by atoms with van der Waals surface area (Å²) in [4.78, 5) is 12.3. The number of anilines is 1. The molecule has 0 aromatic heterocycles. The van der Waals surface area contributed by atoms with Crippen LogP contribution in [-0.4, -0.2) is 37.5 Å². The first-order valence-corrected chi connectivity index (χ1v) is 10.4. The lowest BCUT2D eigenvalue weighted by atomic mass is 10.2. The van der Waals surface area contributed by atoms with Crippen LogP contribution < -0.4 is 10.1 Å². The zero-order valence-corrected chi connectivity index (χ0v) is 15.4. The number of hydrogen-bond donors (Lipinski definition) is 1. The summed E-state index contributed by atoms with van der Waals surface area (Å²) in [7, 11) is -3.29. The standard InChI is InChI=1S/C19H22N2O4S/c1-26(23,24)21(15-11-12-15)14-13-19(22)20-17-9-5-6-10-18(17)25-16-7-3-2-4-8-16/h2-10,15H,11-14H2,1H3,(H,20,22). The highest BCUT2D eigenvalue weighted by Crippen LogP contribution is 2.30. The largest absolute Gasteiger partial charge is 0.455 e. The number of sulfonamides is 1. The second kappa shape index (κ2) is 7.88. The number of carbonyl (C=O) groups excluding carboxylic acids is 1. The van der Waals surface area contributed by atoms with Crippen molar-refractivity contribution in [2.45, 2.75) is 25.3 Å². The van der Waals surface area contributed by atoms with Crippen LogP contribution >= 0.6 is 0 Å². The van der Waals surface area contributed by atoms with Gasteiger partial charge in [0, 0.05) is 19.0 Å². The molecule has 3 rings (SSSR count). The van der Waals surface area contributed by atoms with E-state index in [0.29, 0.717) is 17.2 Å². The molecule has 1 amide bonds. The highest BCUT2D eigenvalue weighted by atomic mass is 32.2. The normalized spacial score (nSPS) is 14.2. The van der Waals surface area contributed by atoms with Crippen LogP contribution in [0.4, 0.5) is 5.69 Å². The van der Waals surface area contributed by atoms with E-state index in [0.717, 1.165) is 12.8 Å². The minimum absolute atomic E-state index is 0.0477. The summed E-state index contributed by atoms with van der Waals surface area (Å²) in [5.74, 6) is 0.962.